The lowest BCUT2D eigenvalue weighted by atomic mass is 10.2. The van der Waals surface area contributed by atoms with Crippen LogP contribution in [0.5, 0.6) is 0 Å². The van der Waals surface area contributed by atoms with Gasteiger partial charge in [0.05, 0.1) is 24.6 Å². The van der Waals surface area contributed by atoms with E-state index in [-0.39, 0.29) is 6.61 Å². The highest BCUT2D eigenvalue weighted by Crippen LogP contribution is 2.23. The van der Waals surface area contributed by atoms with E-state index in [2.05, 4.69) is 26.0 Å². The van der Waals surface area contributed by atoms with Crippen LogP contribution in [0.3, 0.4) is 0 Å². The van der Waals surface area contributed by atoms with Gasteiger partial charge in [0, 0.05) is 29.4 Å². The lowest BCUT2D eigenvalue weighted by Crippen LogP contribution is -2.14. The molecule has 0 aliphatic rings. The second-order valence-corrected chi connectivity index (χ2v) is 5.99. The molecular formula is C17H16BrN3O3. The minimum absolute atomic E-state index is 0.231. The fourth-order valence-electron chi connectivity index (χ4n) is 2.40. The third-order valence-corrected chi connectivity index (χ3v) is 4.03. The van der Waals surface area contributed by atoms with Gasteiger partial charge < -0.3 is 9.47 Å². The maximum Gasteiger partial charge on any atom is 0.341 e. The van der Waals surface area contributed by atoms with E-state index in [1.54, 1.807) is 18.5 Å². The molecule has 2 heterocycles. The first-order valence-electron chi connectivity index (χ1n) is 7.43. The summed E-state index contributed by atoms with van der Waals surface area (Å²) in [5.74, 6) is -0.431. The lowest BCUT2D eigenvalue weighted by Gasteiger charge is -2.09. The molecule has 0 bridgehead atoms. The number of fused-ring (bicyclic) bond motifs is 1. The Bertz CT molecular complexity index is 875. The Hall–Kier alpha value is -2.25. The topological polar surface area (TPSA) is 65.7 Å². The molecule has 24 heavy (non-hydrogen) atoms. The zero-order chi connectivity index (χ0) is 17.1. The molecule has 124 valence electrons. The Morgan fingerprint density at radius 3 is 2.71 bits per heavy atom. The van der Waals surface area contributed by atoms with Crippen LogP contribution in [0.1, 0.15) is 23.0 Å². The second kappa shape index (κ2) is 7.11. The van der Waals surface area contributed by atoms with Gasteiger partial charge in [0.15, 0.2) is 5.65 Å². The summed E-state index contributed by atoms with van der Waals surface area (Å²) < 4.78 is 13.0. The molecule has 0 spiro atoms. The molecule has 3 rings (SSSR count). The number of carbonyl (C=O) groups is 1. The molecule has 7 heteroatoms. The minimum atomic E-state index is -0.431. The van der Waals surface area contributed by atoms with Gasteiger partial charge in [0.2, 0.25) is 0 Å². The smallest absolute Gasteiger partial charge is 0.341 e. The number of methoxy groups -OCH3 is 1. The zero-order valence-electron chi connectivity index (χ0n) is 13.3. The average molecular weight is 390 g/mol. The van der Waals surface area contributed by atoms with Crippen LogP contribution in [0.25, 0.3) is 16.9 Å². The lowest BCUT2D eigenvalue weighted by molar-refractivity contribution is 0.0519. The Kier molecular flexibility index (Phi) is 4.92. The summed E-state index contributed by atoms with van der Waals surface area (Å²) in [6.07, 6.45) is 1.51. The van der Waals surface area contributed by atoms with Crippen LogP contribution in [0, 0.1) is 0 Å². The summed E-state index contributed by atoms with van der Waals surface area (Å²) in [6.45, 7) is 2.29. The number of carbonyl (C=O) groups excluding carboxylic acids is 1. The molecule has 0 fully saturated rings. The number of nitrogens with zero attached hydrogens (tertiary/aromatic N) is 3. The normalized spacial score (nSPS) is 11.0. The van der Waals surface area contributed by atoms with Gasteiger partial charge in [-0.05, 0) is 19.1 Å². The average Bonchev–Trinajstić information content (AvgIpc) is 3.00. The van der Waals surface area contributed by atoms with Crippen molar-refractivity contribution in [1.29, 1.82) is 0 Å². The monoisotopic (exact) mass is 389 g/mol. The highest BCUT2D eigenvalue weighted by molar-refractivity contribution is 9.10. The van der Waals surface area contributed by atoms with Gasteiger partial charge in [-0.15, -0.1) is 0 Å². The van der Waals surface area contributed by atoms with Crippen LogP contribution in [0.2, 0.25) is 0 Å². The van der Waals surface area contributed by atoms with Crippen molar-refractivity contribution in [1.82, 2.24) is 14.6 Å². The highest BCUT2D eigenvalue weighted by Gasteiger charge is 2.18. The van der Waals surface area contributed by atoms with E-state index in [0.29, 0.717) is 23.5 Å². The molecule has 0 aliphatic carbocycles. The predicted molar refractivity (Wildman–Crippen MR) is 92.8 cm³/mol. The summed E-state index contributed by atoms with van der Waals surface area (Å²) in [4.78, 5) is 16.5. The number of hydrogen-bond acceptors (Lipinski definition) is 5. The maximum absolute atomic E-state index is 12.1. The number of hydrogen-bond donors (Lipinski definition) is 0. The predicted octanol–water partition coefficient (Wildman–Crippen LogP) is 3.48. The quantitative estimate of drug-likeness (QED) is 0.624. The summed E-state index contributed by atoms with van der Waals surface area (Å²) >= 11 is 3.42. The van der Waals surface area contributed by atoms with Gasteiger partial charge in [-0.1, -0.05) is 28.1 Å². The van der Waals surface area contributed by atoms with Gasteiger partial charge in [0.1, 0.15) is 5.56 Å². The summed E-state index contributed by atoms with van der Waals surface area (Å²) in [5, 5.41) is 4.59. The van der Waals surface area contributed by atoms with Gasteiger partial charge in [-0.2, -0.15) is 5.10 Å². The number of rotatable bonds is 5. The van der Waals surface area contributed by atoms with Crippen LogP contribution in [-0.4, -0.2) is 34.3 Å². The second-order valence-electron chi connectivity index (χ2n) is 5.08. The molecule has 6 nitrogen and oxygen atoms in total. The Morgan fingerprint density at radius 2 is 2.04 bits per heavy atom. The van der Waals surface area contributed by atoms with Gasteiger partial charge in [-0.25, -0.2) is 14.3 Å². The molecule has 0 aliphatic heterocycles. The summed E-state index contributed by atoms with van der Waals surface area (Å²) in [6, 6.07) is 9.71. The Morgan fingerprint density at radius 1 is 1.29 bits per heavy atom. The van der Waals surface area contributed by atoms with Crippen LogP contribution >= 0.6 is 15.9 Å². The van der Waals surface area contributed by atoms with Crippen LogP contribution in [0.15, 0.2) is 41.0 Å². The van der Waals surface area contributed by atoms with Crippen molar-refractivity contribution in [3.05, 3.63) is 52.3 Å². The highest BCUT2D eigenvalue weighted by atomic mass is 79.9. The number of aromatic nitrogens is 3. The molecule has 0 saturated carbocycles. The third kappa shape index (κ3) is 3.18. The van der Waals surface area contributed by atoms with Crippen LogP contribution in [-0.2, 0) is 16.1 Å². The van der Waals surface area contributed by atoms with Crippen LogP contribution in [0.4, 0.5) is 0 Å². The summed E-state index contributed by atoms with van der Waals surface area (Å²) in [5.41, 5.74) is 3.35. The SMILES string of the molecule is CCOC(=O)c1cnc2cc(-c3ccc(Br)cc3)nn2c1COC. The van der Waals surface area contributed by atoms with Crippen molar-refractivity contribution < 1.29 is 14.3 Å². The number of esters is 1. The number of ether oxygens (including phenoxy) is 2. The fraction of sp³-hybridized carbons (Fsp3) is 0.235. The van der Waals surface area contributed by atoms with Gasteiger partial charge in [0.25, 0.3) is 0 Å². The molecule has 2 aromatic heterocycles. The van der Waals surface area contributed by atoms with Crippen molar-refractivity contribution >= 4 is 27.5 Å². The van der Waals surface area contributed by atoms with Crippen molar-refractivity contribution in [2.45, 2.75) is 13.5 Å². The molecule has 0 unspecified atom stereocenters. The molecule has 3 aromatic rings. The first kappa shape index (κ1) is 16.6. The molecule has 0 radical (unpaired) electrons. The molecular weight excluding hydrogens is 374 g/mol. The van der Waals surface area contributed by atoms with Gasteiger partial charge in [-0.3, -0.25) is 0 Å². The number of halogens is 1. The number of benzene rings is 1. The fourth-order valence-corrected chi connectivity index (χ4v) is 2.66. The molecule has 0 atom stereocenters. The van der Waals surface area contributed by atoms with E-state index >= 15 is 0 Å². The van der Waals surface area contributed by atoms with E-state index in [1.165, 1.54) is 6.20 Å². The molecule has 0 amide bonds. The molecule has 1 aromatic carbocycles. The van der Waals surface area contributed by atoms with Crippen molar-refractivity contribution in [3.8, 4) is 11.3 Å². The standard InChI is InChI=1S/C17H16BrN3O3/c1-3-24-17(22)13-9-19-16-8-14(11-4-6-12(18)7-5-11)20-21(16)15(13)10-23-2/h4-9H,3,10H2,1-2H3. The van der Waals surface area contributed by atoms with Crippen molar-refractivity contribution in [3.63, 3.8) is 0 Å². The summed E-state index contributed by atoms with van der Waals surface area (Å²) in [7, 11) is 1.57. The first-order chi connectivity index (χ1) is 11.6. The van der Waals surface area contributed by atoms with Crippen LogP contribution < -0.4 is 0 Å². The molecule has 0 saturated heterocycles. The largest absolute Gasteiger partial charge is 0.462 e. The van der Waals surface area contributed by atoms with E-state index in [0.717, 1.165) is 15.7 Å². The Balaban J connectivity index is 2.12. The van der Waals surface area contributed by atoms with Crippen molar-refractivity contribution in [2.24, 2.45) is 0 Å². The maximum atomic E-state index is 12.1. The van der Waals surface area contributed by atoms with E-state index < -0.39 is 5.97 Å². The first-order valence-corrected chi connectivity index (χ1v) is 8.23. The van der Waals surface area contributed by atoms with E-state index in [1.807, 2.05) is 30.3 Å². The minimum Gasteiger partial charge on any atom is -0.462 e. The third-order valence-electron chi connectivity index (χ3n) is 3.50. The Labute approximate surface area is 147 Å². The van der Waals surface area contributed by atoms with E-state index in [4.69, 9.17) is 9.47 Å². The van der Waals surface area contributed by atoms with E-state index in [9.17, 15) is 4.79 Å². The zero-order valence-corrected chi connectivity index (χ0v) is 14.9. The molecule has 0 N–H and O–H groups in total. The van der Waals surface area contributed by atoms with Gasteiger partial charge >= 0.3 is 5.97 Å². The van der Waals surface area contributed by atoms with Crippen molar-refractivity contribution in [2.75, 3.05) is 13.7 Å².